The summed E-state index contributed by atoms with van der Waals surface area (Å²) < 4.78 is 0. The minimum atomic E-state index is 0.297. The molecule has 4 aromatic rings. The van der Waals surface area contributed by atoms with E-state index in [1.54, 1.807) is 6.07 Å². The molecule has 100 valence electrons. The van der Waals surface area contributed by atoms with E-state index in [0.29, 0.717) is 5.75 Å². The van der Waals surface area contributed by atoms with Crippen LogP contribution in [-0.4, -0.2) is 5.11 Å². The van der Waals surface area contributed by atoms with Crippen molar-refractivity contribution < 1.29 is 5.11 Å². The van der Waals surface area contributed by atoms with Crippen LogP contribution in [-0.2, 0) is 0 Å². The van der Waals surface area contributed by atoms with Crippen LogP contribution in [0, 0.1) is 0 Å². The molecule has 1 N–H and O–H groups in total. The van der Waals surface area contributed by atoms with Crippen molar-refractivity contribution in [2.45, 2.75) is 0 Å². The third kappa shape index (κ3) is 2.03. The minimum absolute atomic E-state index is 0.297. The molecule has 1 nitrogen and oxygen atoms in total. The van der Waals surface area contributed by atoms with Gasteiger partial charge in [0.15, 0.2) is 0 Å². The Morgan fingerprint density at radius 1 is 0.571 bits per heavy atom. The van der Waals surface area contributed by atoms with E-state index in [0.717, 1.165) is 11.1 Å². The lowest BCUT2D eigenvalue weighted by Crippen LogP contribution is -1.82. The van der Waals surface area contributed by atoms with Crippen molar-refractivity contribution in [2.24, 2.45) is 0 Å². The second kappa shape index (κ2) is 4.64. The quantitative estimate of drug-likeness (QED) is 0.461. The molecule has 0 aliphatic heterocycles. The van der Waals surface area contributed by atoms with Gasteiger partial charge in [-0.15, -0.1) is 0 Å². The fourth-order valence-corrected chi connectivity index (χ4v) is 2.89. The smallest absolute Gasteiger partial charge is 0.116 e. The van der Waals surface area contributed by atoms with Crippen LogP contribution in [0.2, 0.25) is 0 Å². The highest BCUT2D eigenvalue weighted by molar-refractivity contribution is 6.04. The molecular weight excluding hydrogens is 256 g/mol. The first kappa shape index (κ1) is 12.0. The Morgan fingerprint density at radius 3 is 2.10 bits per heavy atom. The molecule has 0 atom stereocenters. The Balaban J connectivity index is 2.07. The lowest BCUT2D eigenvalue weighted by molar-refractivity contribution is 0.475. The number of hydrogen-bond acceptors (Lipinski definition) is 1. The molecule has 0 saturated carbocycles. The summed E-state index contributed by atoms with van der Waals surface area (Å²) in [5.41, 5.74) is 2.19. The van der Waals surface area contributed by atoms with Gasteiger partial charge in [-0.2, -0.15) is 0 Å². The molecule has 4 aromatic carbocycles. The van der Waals surface area contributed by atoms with Gasteiger partial charge in [0.2, 0.25) is 0 Å². The Hall–Kier alpha value is -2.80. The van der Waals surface area contributed by atoms with Gasteiger partial charge in [0.25, 0.3) is 0 Å². The standard InChI is InChI=1S/C20H14O/c21-18-9-3-7-17(12-18)19-10-4-8-16-11-14-5-1-2-6-15(14)13-20(16)19/h1-13,21H. The van der Waals surface area contributed by atoms with Gasteiger partial charge in [-0.25, -0.2) is 0 Å². The van der Waals surface area contributed by atoms with Gasteiger partial charge in [-0.1, -0.05) is 54.6 Å². The molecule has 0 aliphatic carbocycles. The second-order valence-corrected chi connectivity index (χ2v) is 5.28. The normalized spacial score (nSPS) is 11.0. The third-order valence-electron chi connectivity index (χ3n) is 3.90. The predicted octanol–water partition coefficient (Wildman–Crippen LogP) is 5.37. The maximum atomic E-state index is 9.72. The van der Waals surface area contributed by atoms with E-state index < -0.39 is 0 Å². The molecule has 0 amide bonds. The van der Waals surface area contributed by atoms with E-state index >= 15 is 0 Å². The first-order chi connectivity index (χ1) is 10.3. The number of fused-ring (bicyclic) bond motifs is 2. The fourth-order valence-electron chi connectivity index (χ4n) is 2.89. The zero-order chi connectivity index (χ0) is 14.2. The largest absolute Gasteiger partial charge is 0.508 e. The van der Waals surface area contributed by atoms with E-state index in [2.05, 4.69) is 54.6 Å². The molecule has 0 unspecified atom stereocenters. The number of phenolic OH excluding ortho intramolecular Hbond substituents is 1. The molecule has 1 heteroatoms. The molecule has 0 aromatic heterocycles. The first-order valence-corrected chi connectivity index (χ1v) is 7.02. The average Bonchev–Trinajstić information content (AvgIpc) is 2.52. The van der Waals surface area contributed by atoms with Crippen LogP contribution in [0.15, 0.2) is 78.9 Å². The average molecular weight is 270 g/mol. The van der Waals surface area contributed by atoms with Crippen molar-refractivity contribution >= 4 is 21.5 Å². The van der Waals surface area contributed by atoms with E-state index in [1.165, 1.54) is 21.5 Å². The second-order valence-electron chi connectivity index (χ2n) is 5.28. The zero-order valence-electron chi connectivity index (χ0n) is 11.5. The van der Waals surface area contributed by atoms with Crippen LogP contribution in [0.1, 0.15) is 0 Å². The van der Waals surface area contributed by atoms with Gasteiger partial charge < -0.3 is 5.11 Å². The summed E-state index contributed by atoms with van der Waals surface area (Å²) in [7, 11) is 0. The lowest BCUT2D eigenvalue weighted by atomic mass is 9.95. The van der Waals surface area contributed by atoms with Crippen LogP contribution in [0.25, 0.3) is 32.7 Å². The van der Waals surface area contributed by atoms with Gasteiger partial charge in [0, 0.05) is 0 Å². The Bertz CT molecular complexity index is 954. The highest BCUT2D eigenvalue weighted by Crippen LogP contribution is 2.32. The van der Waals surface area contributed by atoms with Crippen molar-refractivity contribution in [1.82, 2.24) is 0 Å². The number of phenols is 1. The van der Waals surface area contributed by atoms with Crippen molar-refractivity contribution in [3.63, 3.8) is 0 Å². The summed E-state index contributed by atoms with van der Waals surface area (Å²) >= 11 is 0. The molecule has 0 fully saturated rings. The van der Waals surface area contributed by atoms with E-state index in [-0.39, 0.29) is 0 Å². The van der Waals surface area contributed by atoms with Crippen LogP contribution in [0.5, 0.6) is 5.75 Å². The van der Waals surface area contributed by atoms with Crippen LogP contribution >= 0.6 is 0 Å². The maximum Gasteiger partial charge on any atom is 0.116 e. The van der Waals surface area contributed by atoms with Gasteiger partial charge in [0.05, 0.1) is 0 Å². The molecule has 0 heterocycles. The van der Waals surface area contributed by atoms with Crippen molar-refractivity contribution in [1.29, 1.82) is 0 Å². The summed E-state index contributed by atoms with van der Waals surface area (Å²) in [5.74, 6) is 0.297. The Morgan fingerprint density at radius 2 is 1.29 bits per heavy atom. The van der Waals surface area contributed by atoms with Crippen LogP contribution in [0.3, 0.4) is 0 Å². The number of aromatic hydroxyl groups is 1. The van der Waals surface area contributed by atoms with Gasteiger partial charge in [-0.05, 0) is 56.9 Å². The molecular formula is C20H14O. The molecule has 0 spiro atoms. The fraction of sp³-hybridized carbons (Fsp3) is 0. The van der Waals surface area contributed by atoms with Crippen molar-refractivity contribution in [3.05, 3.63) is 78.9 Å². The molecule has 0 aliphatic rings. The third-order valence-corrected chi connectivity index (χ3v) is 3.90. The Labute approximate surface area is 123 Å². The first-order valence-electron chi connectivity index (χ1n) is 7.02. The minimum Gasteiger partial charge on any atom is -0.508 e. The summed E-state index contributed by atoms with van der Waals surface area (Å²) in [6.45, 7) is 0. The molecule has 21 heavy (non-hydrogen) atoms. The lowest BCUT2D eigenvalue weighted by Gasteiger charge is -2.09. The number of benzene rings is 4. The molecule has 0 bridgehead atoms. The van der Waals surface area contributed by atoms with Gasteiger partial charge >= 0.3 is 0 Å². The number of hydrogen-bond donors (Lipinski definition) is 1. The van der Waals surface area contributed by atoms with Gasteiger partial charge in [-0.3, -0.25) is 0 Å². The summed E-state index contributed by atoms with van der Waals surface area (Å²) in [6, 6.07) is 26.6. The zero-order valence-corrected chi connectivity index (χ0v) is 11.5. The van der Waals surface area contributed by atoms with E-state index in [1.807, 2.05) is 18.2 Å². The molecule has 0 radical (unpaired) electrons. The Kier molecular flexibility index (Phi) is 2.65. The van der Waals surface area contributed by atoms with Crippen LogP contribution in [0.4, 0.5) is 0 Å². The maximum absolute atomic E-state index is 9.72. The monoisotopic (exact) mass is 270 g/mol. The van der Waals surface area contributed by atoms with Crippen molar-refractivity contribution in [3.8, 4) is 16.9 Å². The molecule has 0 saturated heterocycles. The molecule has 4 rings (SSSR count). The topological polar surface area (TPSA) is 20.2 Å². The predicted molar refractivity (Wildman–Crippen MR) is 88.6 cm³/mol. The van der Waals surface area contributed by atoms with Gasteiger partial charge in [0.1, 0.15) is 5.75 Å². The van der Waals surface area contributed by atoms with Crippen molar-refractivity contribution in [2.75, 3.05) is 0 Å². The highest BCUT2D eigenvalue weighted by Gasteiger charge is 2.05. The summed E-state index contributed by atoms with van der Waals surface area (Å²) in [5, 5.41) is 14.6. The SMILES string of the molecule is Oc1cccc(-c2cccc3cc4ccccc4cc23)c1. The van der Waals surface area contributed by atoms with E-state index in [4.69, 9.17) is 0 Å². The summed E-state index contributed by atoms with van der Waals surface area (Å²) in [4.78, 5) is 0. The van der Waals surface area contributed by atoms with Crippen LogP contribution < -0.4 is 0 Å². The number of rotatable bonds is 1. The highest BCUT2D eigenvalue weighted by atomic mass is 16.3. The summed E-state index contributed by atoms with van der Waals surface area (Å²) in [6.07, 6.45) is 0. The van der Waals surface area contributed by atoms with E-state index in [9.17, 15) is 5.11 Å².